The zero-order valence-corrected chi connectivity index (χ0v) is 8.07. The molecule has 0 aliphatic heterocycles. The SMILES string of the molecule is Cc1ccc(-c2cccs2)c(F)c1. The van der Waals surface area contributed by atoms with E-state index in [4.69, 9.17) is 0 Å². The highest BCUT2D eigenvalue weighted by Crippen LogP contribution is 2.27. The maximum atomic E-state index is 13.4. The van der Waals surface area contributed by atoms with Gasteiger partial charge in [0.2, 0.25) is 0 Å². The standard InChI is InChI=1S/C11H9FS/c1-8-4-5-9(10(12)7-8)11-3-2-6-13-11/h2-7H,1H3. The molecule has 0 fully saturated rings. The molecule has 66 valence electrons. The number of thiophene rings is 1. The second-order valence-electron chi connectivity index (χ2n) is 2.96. The molecule has 0 saturated heterocycles. The van der Waals surface area contributed by atoms with Crippen molar-refractivity contribution in [3.05, 3.63) is 47.1 Å². The third-order valence-corrected chi connectivity index (χ3v) is 2.81. The van der Waals surface area contributed by atoms with Gasteiger partial charge < -0.3 is 0 Å². The Morgan fingerprint density at radius 1 is 1.23 bits per heavy atom. The molecule has 0 saturated carbocycles. The molecule has 0 aliphatic carbocycles. The van der Waals surface area contributed by atoms with Gasteiger partial charge in [-0.3, -0.25) is 0 Å². The fourth-order valence-electron chi connectivity index (χ4n) is 1.25. The molecule has 0 N–H and O–H groups in total. The fraction of sp³-hybridized carbons (Fsp3) is 0.0909. The highest BCUT2D eigenvalue weighted by molar-refractivity contribution is 7.13. The molecular weight excluding hydrogens is 183 g/mol. The van der Waals surface area contributed by atoms with E-state index in [1.807, 2.05) is 36.6 Å². The monoisotopic (exact) mass is 192 g/mol. The van der Waals surface area contributed by atoms with E-state index in [0.717, 1.165) is 10.4 Å². The molecule has 2 heteroatoms. The minimum absolute atomic E-state index is 0.137. The molecule has 0 atom stereocenters. The Morgan fingerprint density at radius 3 is 2.69 bits per heavy atom. The Bertz CT molecular complexity index is 404. The van der Waals surface area contributed by atoms with Crippen molar-refractivity contribution in [2.45, 2.75) is 6.92 Å². The maximum Gasteiger partial charge on any atom is 0.132 e. The summed E-state index contributed by atoms with van der Waals surface area (Å²) in [6, 6.07) is 9.18. The minimum Gasteiger partial charge on any atom is -0.206 e. The average Bonchev–Trinajstić information content (AvgIpc) is 2.56. The highest BCUT2D eigenvalue weighted by atomic mass is 32.1. The zero-order chi connectivity index (χ0) is 9.26. The minimum atomic E-state index is -0.137. The lowest BCUT2D eigenvalue weighted by Crippen LogP contribution is -1.82. The lowest BCUT2D eigenvalue weighted by molar-refractivity contribution is 0.630. The summed E-state index contributed by atoms with van der Waals surface area (Å²) in [5.41, 5.74) is 1.65. The fourth-order valence-corrected chi connectivity index (χ4v) is 2.01. The van der Waals surface area contributed by atoms with Gasteiger partial charge in [-0.2, -0.15) is 0 Å². The summed E-state index contributed by atoms with van der Waals surface area (Å²) < 4.78 is 13.4. The van der Waals surface area contributed by atoms with Crippen molar-refractivity contribution < 1.29 is 4.39 Å². The normalized spacial score (nSPS) is 10.3. The van der Waals surface area contributed by atoms with Gasteiger partial charge >= 0.3 is 0 Å². The molecule has 2 rings (SSSR count). The Balaban J connectivity index is 2.53. The van der Waals surface area contributed by atoms with Crippen LogP contribution in [0.15, 0.2) is 35.7 Å². The molecule has 0 bridgehead atoms. The first-order valence-corrected chi connectivity index (χ1v) is 4.95. The van der Waals surface area contributed by atoms with E-state index < -0.39 is 0 Å². The van der Waals surface area contributed by atoms with Crippen molar-refractivity contribution in [2.75, 3.05) is 0 Å². The average molecular weight is 192 g/mol. The van der Waals surface area contributed by atoms with E-state index in [9.17, 15) is 4.39 Å². The van der Waals surface area contributed by atoms with Crippen LogP contribution in [0.2, 0.25) is 0 Å². The third-order valence-electron chi connectivity index (χ3n) is 1.91. The molecule has 2 aromatic rings. The van der Waals surface area contributed by atoms with Crippen molar-refractivity contribution in [1.82, 2.24) is 0 Å². The van der Waals surface area contributed by atoms with Crippen LogP contribution in [0.25, 0.3) is 10.4 Å². The summed E-state index contributed by atoms with van der Waals surface area (Å²) >= 11 is 1.56. The van der Waals surface area contributed by atoms with Crippen LogP contribution < -0.4 is 0 Å². The van der Waals surface area contributed by atoms with Gasteiger partial charge in [0.15, 0.2) is 0 Å². The van der Waals surface area contributed by atoms with Crippen LogP contribution in [0, 0.1) is 12.7 Å². The summed E-state index contributed by atoms with van der Waals surface area (Å²) in [5.74, 6) is -0.137. The molecule has 0 spiro atoms. The van der Waals surface area contributed by atoms with Crippen LogP contribution in [0.1, 0.15) is 5.56 Å². The van der Waals surface area contributed by atoms with Gasteiger partial charge in [-0.1, -0.05) is 18.2 Å². The van der Waals surface area contributed by atoms with E-state index in [-0.39, 0.29) is 5.82 Å². The smallest absolute Gasteiger partial charge is 0.132 e. The molecule has 13 heavy (non-hydrogen) atoms. The number of hydrogen-bond acceptors (Lipinski definition) is 1. The second kappa shape index (κ2) is 3.30. The first-order valence-electron chi connectivity index (χ1n) is 4.07. The number of benzene rings is 1. The third kappa shape index (κ3) is 1.63. The topological polar surface area (TPSA) is 0 Å². The van der Waals surface area contributed by atoms with Gasteiger partial charge in [-0.25, -0.2) is 4.39 Å². The molecule has 1 aromatic heterocycles. The zero-order valence-electron chi connectivity index (χ0n) is 7.25. The predicted molar refractivity (Wildman–Crippen MR) is 54.5 cm³/mol. The molecule has 0 aliphatic rings. The Labute approximate surface area is 80.7 Å². The molecule has 1 heterocycles. The van der Waals surface area contributed by atoms with Crippen molar-refractivity contribution in [3.63, 3.8) is 0 Å². The summed E-state index contributed by atoms with van der Waals surface area (Å²) in [6.45, 7) is 1.89. The van der Waals surface area contributed by atoms with Crippen LogP contribution in [0.5, 0.6) is 0 Å². The van der Waals surface area contributed by atoms with Crippen LogP contribution in [-0.2, 0) is 0 Å². The van der Waals surface area contributed by atoms with Gasteiger partial charge in [0.05, 0.1) is 0 Å². The second-order valence-corrected chi connectivity index (χ2v) is 3.91. The Morgan fingerprint density at radius 2 is 2.08 bits per heavy atom. The van der Waals surface area contributed by atoms with Gasteiger partial charge in [-0.15, -0.1) is 11.3 Å². The van der Waals surface area contributed by atoms with E-state index in [0.29, 0.717) is 5.56 Å². The summed E-state index contributed by atoms with van der Waals surface area (Å²) in [4.78, 5) is 0.984. The van der Waals surface area contributed by atoms with E-state index >= 15 is 0 Å². The first-order chi connectivity index (χ1) is 6.27. The predicted octanol–water partition coefficient (Wildman–Crippen LogP) is 3.86. The first kappa shape index (κ1) is 8.45. The molecular formula is C11H9FS. The maximum absolute atomic E-state index is 13.4. The molecule has 0 nitrogen and oxygen atoms in total. The Kier molecular flexibility index (Phi) is 2.15. The van der Waals surface area contributed by atoms with Crippen molar-refractivity contribution >= 4 is 11.3 Å². The van der Waals surface area contributed by atoms with Crippen molar-refractivity contribution in [1.29, 1.82) is 0 Å². The molecule has 0 radical (unpaired) electrons. The van der Waals surface area contributed by atoms with Gasteiger partial charge in [0.25, 0.3) is 0 Å². The number of hydrogen-bond donors (Lipinski definition) is 0. The quantitative estimate of drug-likeness (QED) is 0.643. The lowest BCUT2D eigenvalue weighted by atomic mass is 10.1. The largest absolute Gasteiger partial charge is 0.206 e. The number of aryl methyl sites for hydroxylation is 1. The van der Waals surface area contributed by atoms with Crippen LogP contribution in [0.3, 0.4) is 0 Å². The van der Waals surface area contributed by atoms with E-state index in [1.165, 1.54) is 0 Å². The highest BCUT2D eigenvalue weighted by Gasteiger charge is 2.04. The molecule has 1 aromatic carbocycles. The van der Waals surface area contributed by atoms with Gasteiger partial charge in [-0.05, 0) is 30.0 Å². The molecule has 0 unspecified atom stereocenters. The van der Waals surface area contributed by atoms with Gasteiger partial charge in [0, 0.05) is 10.4 Å². The lowest BCUT2D eigenvalue weighted by Gasteiger charge is -2.00. The van der Waals surface area contributed by atoms with Crippen molar-refractivity contribution in [2.24, 2.45) is 0 Å². The van der Waals surface area contributed by atoms with Crippen LogP contribution in [0.4, 0.5) is 4.39 Å². The van der Waals surface area contributed by atoms with Gasteiger partial charge in [0.1, 0.15) is 5.82 Å². The molecule has 0 amide bonds. The summed E-state index contributed by atoms with van der Waals surface area (Å²) in [7, 11) is 0. The number of rotatable bonds is 1. The Hall–Kier alpha value is -1.15. The van der Waals surface area contributed by atoms with Crippen molar-refractivity contribution in [3.8, 4) is 10.4 Å². The number of halogens is 1. The summed E-state index contributed by atoms with van der Waals surface area (Å²) in [6.07, 6.45) is 0. The van der Waals surface area contributed by atoms with Crippen LogP contribution in [-0.4, -0.2) is 0 Å². The summed E-state index contributed by atoms with van der Waals surface area (Å²) in [5, 5.41) is 1.95. The van der Waals surface area contributed by atoms with E-state index in [1.54, 1.807) is 17.4 Å². The van der Waals surface area contributed by atoms with E-state index in [2.05, 4.69) is 0 Å². The van der Waals surface area contributed by atoms with Crippen LogP contribution >= 0.6 is 11.3 Å².